The van der Waals surface area contributed by atoms with Crippen LogP contribution in [0.5, 0.6) is 0 Å². The van der Waals surface area contributed by atoms with Crippen molar-refractivity contribution in [1.82, 2.24) is 0 Å². The number of hydrogen-bond acceptors (Lipinski definition) is 1. The quantitative estimate of drug-likeness (QED) is 0.485. The summed E-state index contributed by atoms with van der Waals surface area (Å²) in [6, 6.07) is 8.52. The van der Waals surface area contributed by atoms with E-state index in [2.05, 4.69) is 0 Å². The molecule has 0 bridgehead atoms. The highest BCUT2D eigenvalue weighted by Gasteiger charge is 2.36. The average molecular weight is 354 g/mol. The van der Waals surface area contributed by atoms with E-state index in [0.717, 1.165) is 0 Å². The van der Waals surface area contributed by atoms with Crippen molar-refractivity contribution in [2.45, 2.75) is 6.18 Å². The van der Waals surface area contributed by atoms with Crippen molar-refractivity contribution in [3.8, 4) is 0 Å². The van der Waals surface area contributed by atoms with Gasteiger partial charge in [0, 0.05) is 5.56 Å². The third-order valence-electron chi connectivity index (χ3n) is 2.73. The van der Waals surface area contributed by atoms with Gasteiger partial charge in [-0.3, -0.25) is 4.79 Å². The molecule has 7 heteroatoms. The largest absolute Gasteiger partial charge is 0.417 e. The fourth-order valence-electron chi connectivity index (χ4n) is 1.74. The lowest BCUT2D eigenvalue weighted by Crippen LogP contribution is -2.10. The fraction of sp³-hybridized carbons (Fsp3) is 0.0714. The summed E-state index contributed by atoms with van der Waals surface area (Å²) >= 11 is 17.2. The predicted molar refractivity (Wildman–Crippen MR) is 76.3 cm³/mol. The van der Waals surface area contributed by atoms with Crippen LogP contribution < -0.4 is 0 Å². The molecule has 2 aromatic carbocycles. The number of ketones is 1. The molecule has 0 aliphatic carbocycles. The van der Waals surface area contributed by atoms with E-state index in [-0.39, 0.29) is 11.1 Å². The molecule has 0 spiro atoms. The van der Waals surface area contributed by atoms with Gasteiger partial charge >= 0.3 is 6.18 Å². The van der Waals surface area contributed by atoms with Crippen molar-refractivity contribution < 1.29 is 18.0 Å². The highest BCUT2D eigenvalue weighted by atomic mass is 35.5. The Morgan fingerprint density at radius 2 is 1.52 bits per heavy atom. The first-order chi connectivity index (χ1) is 9.73. The van der Waals surface area contributed by atoms with Gasteiger partial charge in [0.1, 0.15) is 0 Å². The van der Waals surface area contributed by atoms with E-state index in [1.807, 2.05) is 0 Å². The number of halogens is 6. The van der Waals surface area contributed by atoms with E-state index in [0.29, 0.717) is 6.07 Å². The summed E-state index contributed by atoms with van der Waals surface area (Å²) in [6.45, 7) is 0. The number of alkyl halides is 3. The topological polar surface area (TPSA) is 17.1 Å². The molecule has 110 valence electrons. The summed E-state index contributed by atoms with van der Waals surface area (Å²) in [5.41, 5.74) is -1.18. The SMILES string of the molecule is O=C(c1ccccc1)c1c(Cl)cc(C(F)(F)F)c(Cl)c1Cl. The molecular weight excluding hydrogens is 348 g/mol. The zero-order valence-corrected chi connectivity index (χ0v) is 12.4. The van der Waals surface area contributed by atoms with Gasteiger partial charge in [-0.1, -0.05) is 65.1 Å². The smallest absolute Gasteiger partial charge is 0.288 e. The second kappa shape index (κ2) is 5.87. The van der Waals surface area contributed by atoms with E-state index < -0.39 is 32.6 Å². The zero-order valence-electron chi connectivity index (χ0n) is 10.1. The monoisotopic (exact) mass is 352 g/mol. The molecule has 21 heavy (non-hydrogen) atoms. The summed E-state index contributed by atoms with van der Waals surface area (Å²) in [5, 5.41) is -1.65. The molecule has 0 fully saturated rings. The van der Waals surface area contributed by atoms with Gasteiger partial charge in [-0.2, -0.15) is 13.2 Å². The Morgan fingerprint density at radius 1 is 0.952 bits per heavy atom. The van der Waals surface area contributed by atoms with Crippen LogP contribution in [0.4, 0.5) is 13.2 Å². The first kappa shape index (κ1) is 16.1. The Hall–Kier alpha value is -1.23. The summed E-state index contributed by atoms with van der Waals surface area (Å²) in [7, 11) is 0. The van der Waals surface area contributed by atoms with Crippen molar-refractivity contribution in [3.63, 3.8) is 0 Å². The third kappa shape index (κ3) is 3.18. The van der Waals surface area contributed by atoms with Crippen LogP contribution in [0, 0.1) is 0 Å². The molecule has 0 saturated heterocycles. The van der Waals surface area contributed by atoms with Crippen molar-refractivity contribution in [2.75, 3.05) is 0 Å². The Labute approximate surface area is 133 Å². The number of hydrogen-bond donors (Lipinski definition) is 0. The van der Waals surface area contributed by atoms with Gasteiger partial charge in [-0.05, 0) is 6.07 Å². The molecule has 2 rings (SSSR count). The summed E-state index contributed by atoms with van der Waals surface area (Å²) < 4.78 is 38.3. The first-order valence-corrected chi connectivity index (χ1v) is 6.71. The zero-order chi connectivity index (χ0) is 15.8. The maximum atomic E-state index is 12.8. The number of carbonyl (C=O) groups is 1. The molecule has 0 aromatic heterocycles. The Balaban J connectivity index is 2.62. The Kier molecular flexibility index (Phi) is 4.51. The average Bonchev–Trinajstić information content (AvgIpc) is 2.42. The van der Waals surface area contributed by atoms with Gasteiger partial charge in [-0.15, -0.1) is 0 Å². The molecule has 0 unspecified atom stereocenters. The number of carbonyl (C=O) groups excluding carboxylic acids is 1. The predicted octanol–water partition coefficient (Wildman–Crippen LogP) is 5.90. The van der Waals surface area contributed by atoms with Gasteiger partial charge in [0.2, 0.25) is 0 Å². The van der Waals surface area contributed by atoms with Crippen molar-refractivity contribution in [2.24, 2.45) is 0 Å². The normalized spacial score (nSPS) is 11.5. The van der Waals surface area contributed by atoms with Crippen LogP contribution in [0.1, 0.15) is 21.5 Å². The first-order valence-electron chi connectivity index (χ1n) is 5.58. The second-order valence-electron chi connectivity index (χ2n) is 4.10. The van der Waals surface area contributed by atoms with Crippen LogP contribution in [0.2, 0.25) is 15.1 Å². The molecule has 1 nitrogen and oxygen atoms in total. The fourth-order valence-corrected chi connectivity index (χ4v) is 2.63. The molecule has 0 atom stereocenters. The highest BCUT2D eigenvalue weighted by Crippen LogP contribution is 2.43. The van der Waals surface area contributed by atoms with E-state index in [4.69, 9.17) is 34.8 Å². The lowest BCUT2D eigenvalue weighted by molar-refractivity contribution is -0.137. The van der Waals surface area contributed by atoms with Crippen LogP contribution in [-0.2, 0) is 6.18 Å². The molecular formula is C14H6Cl3F3O. The van der Waals surface area contributed by atoms with Crippen molar-refractivity contribution in [3.05, 3.63) is 68.2 Å². The summed E-state index contributed by atoms with van der Waals surface area (Å²) in [5.74, 6) is -0.596. The van der Waals surface area contributed by atoms with E-state index in [1.54, 1.807) is 18.2 Å². The van der Waals surface area contributed by atoms with Crippen LogP contribution in [0.15, 0.2) is 36.4 Å². The van der Waals surface area contributed by atoms with Gasteiger partial charge in [0.25, 0.3) is 0 Å². The Morgan fingerprint density at radius 3 is 2.05 bits per heavy atom. The van der Waals surface area contributed by atoms with E-state index in [9.17, 15) is 18.0 Å². The minimum atomic E-state index is -4.71. The maximum absolute atomic E-state index is 12.8. The van der Waals surface area contributed by atoms with E-state index in [1.165, 1.54) is 12.1 Å². The third-order valence-corrected chi connectivity index (χ3v) is 3.89. The molecule has 0 radical (unpaired) electrons. The highest BCUT2D eigenvalue weighted by molar-refractivity contribution is 6.47. The molecule has 0 aliphatic heterocycles. The van der Waals surface area contributed by atoms with Gasteiger partial charge in [-0.25, -0.2) is 0 Å². The van der Waals surface area contributed by atoms with Crippen LogP contribution in [0.3, 0.4) is 0 Å². The maximum Gasteiger partial charge on any atom is 0.417 e. The Bertz CT molecular complexity index is 697. The standard InChI is InChI=1S/C14H6Cl3F3O/c15-9-6-8(14(18,19)20)11(16)12(17)10(9)13(21)7-4-2-1-3-5-7/h1-6H. The molecule has 0 saturated carbocycles. The number of benzene rings is 2. The van der Waals surface area contributed by atoms with Crippen LogP contribution in [-0.4, -0.2) is 5.78 Å². The van der Waals surface area contributed by atoms with Gasteiger partial charge in [0.15, 0.2) is 5.78 Å². The van der Waals surface area contributed by atoms with Crippen LogP contribution >= 0.6 is 34.8 Å². The lowest BCUT2D eigenvalue weighted by atomic mass is 10.0. The van der Waals surface area contributed by atoms with Gasteiger partial charge < -0.3 is 0 Å². The number of rotatable bonds is 2. The molecule has 2 aromatic rings. The summed E-state index contributed by atoms with van der Waals surface area (Å²) in [6.07, 6.45) is -4.71. The van der Waals surface area contributed by atoms with Gasteiger partial charge in [0.05, 0.1) is 26.2 Å². The van der Waals surface area contributed by atoms with Crippen LogP contribution in [0.25, 0.3) is 0 Å². The molecule has 0 amide bonds. The minimum Gasteiger partial charge on any atom is -0.288 e. The second-order valence-corrected chi connectivity index (χ2v) is 5.26. The molecule has 0 heterocycles. The molecule has 0 aliphatic rings. The summed E-state index contributed by atoms with van der Waals surface area (Å²) in [4.78, 5) is 12.3. The van der Waals surface area contributed by atoms with Crippen molar-refractivity contribution in [1.29, 1.82) is 0 Å². The van der Waals surface area contributed by atoms with Crippen molar-refractivity contribution >= 4 is 40.6 Å². The lowest BCUT2D eigenvalue weighted by Gasteiger charge is -2.14. The van der Waals surface area contributed by atoms with E-state index >= 15 is 0 Å². The minimum absolute atomic E-state index is 0.247. The molecule has 0 N–H and O–H groups in total.